The molecule has 1 amide bonds. The minimum absolute atomic E-state index is 0.0515. The van der Waals surface area contributed by atoms with Gasteiger partial charge in [-0.3, -0.25) is 9.69 Å². The van der Waals surface area contributed by atoms with Crippen molar-refractivity contribution < 1.29 is 41.7 Å². The summed E-state index contributed by atoms with van der Waals surface area (Å²) < 4.78 is 64.8. The average molecular weight is 558 g/mol. The van der Waals surface area contributed by atoms with Gasteiger partial charge in [-0.25, -0.2) is 4.79 Å². The number of ether oxygens (including phenoxy) is 4. The summed E-state index contributed by atoms with van der Waals surface area (Å²) in [7, 11) is 0. The fourth-order valence-corrected chi connectivity index (χ4v) is 4.58. The predicted octanol–water partition coefficient (Wildman–Crippen LogP) is 7.08. The van der Waals surface area contributed by atoms with Crippen molar-refractivity contribution in [2.24, 2.45) is 0 Å². The Labute approximate surface area is 230 Å². The number of alkyl halides is 3. The maximum Gasteiger partial charge on any atom is 0.416 e. The lowest BCUT2D eigenvalue weighted by Crippen LogP contribution is -2.32. The predicted molar refractivity (Wildman–Crippen MR) is 140 cm³/mol. The zero-order valence-electron chi connectivity index (χ0n) is 22.4. The van der Waals surface area contributed by atoms with Crippen molar-refractivity contribution >= 4 is 12.1 Å². The molecule has 2 atom stereocenters. The molecule has 1 aliphatic heterocycles. The van der Waals surface area contributed by atoms with Crippen LogP contribution in [0.4, 0.5) is 18.0 Å². The molecule has 1 fully saturated rings. The van der Waals surface area contributed by atoms with Crippen LogP contribution >= 0.6 is 0 Å². The van der Waals surface area contributed by atoms with E-state index in [0.717, 1.165) is 11.6 Å². The highest BCUT2D eigenvalue weighted by molar-refractivity contribution is 5.73. The number of hydrogen-bond acceptors (Lipinski definition) is 6. The Morgan fingerprint density at radius 2 is 1.70 bits per heavy atom. The summed E-state index contributed by atoms with van der Waals surface area (Å²) in [6.45, 7) is 5.27. The van der Waals surface area contributed by atoms with E-state index in [4.69, 9.17) is 18.9 Å². The average Bonchev–Trinajstić information content (AvgIpc) is 3.19. The van der Waals surface area contributed by atoms with E-state index >= 15 is 0 Å². The number of halogens is 3. The van der Waals surface area contributed by atoms with Crippen LogP contribution in [0.2, 0.25) is 0 Å². The Hall–Kier alpha value is -4.21. The topological polar surface area (TPSA) is 74.3 Å². The van der Waals surface area contributed by atoms with Crippen molar-refractivity contribution in [1.82, 2.24) is 4.90 Å². The minimum atomic E-state index is -4.71. The SMILES string of the molecule is CCOC(=O)Cc1ccc(OCC)c(Oc2cccc(C(F)(F)F)c2CN2C(=O)O[C@@H](c3ccccc3)[C@H]2C)c1. The zero-order valence-corrected chi connectivity index (χ0v) is 22.4. The van der Waals surface area contributed by atoms with Crippen molar-refractivity contribution in [1.29, 1.82) is 0 Å². The molecule has 0 N–H and O–H groups in total. The van der Waals surface area contributed by atoms with Gasteiger partial charge in [0.15, 0.2) is 11.5 Å². The van der Waals surface area contributed by atoms with Crippen molar-refractivity contribution in [3.05, 3.63) is 89.0 Å². The van der Waals surface area contributed by atoms with Crippen LogP contribution in [0.25, 0.3) is 0 Å². The van der Waals surface area contributed by atoms with E-state index in [1.54, 1.807) is 57.2 Å². The van der Waals surface area contributed by atoms with Gasteiger partial charge in [0.25, 0.3) is 0 Å². The molecule has 212 valence electrons. The second kappa shape index (κ2) is 12.3. The molecule has 3 aromatic rings. The van der Waals surface area contributed by atoms with Gasteiger partial charge in [0.2, 0.25) is 0 Å². The highest BCUT2D eigenvalue weighted by atomic mass is 19.4. The van der Waals surface area contributed by atoms with Gasteiger partial charge < -0.3 is 18.9 Å². The quantitative estimate of drug-likeness (QED) is 0.248. The second-order valence-electron chi connectivity index (χ2n) is 9.16. The molecule has 0 unspecified atom stereocenters. The van der Waals surface area contributed by atoms with Gasteiger partial charge >= 0.3 is 18.2 Å². The van der Waals surface area contributed by atoms with Gasteiger partial charge in [0.1, 0.15) is 11.9 Å². The Kier molecular flexibility index (Phi) is 8.86. The Morgan fingerprint density at radius 1 is 0.950 bits per heavy atom. The molecule has 10 heteroatoms. The maximum absolute atomic E-state index is 14.2. The summed E-state index contributed by atoms with van der Waals surface area (Å²) in [6, 6.07) is 16.9. The molecule has 7 nitrogen and oxygen atoms in total. The van der Waals surface area contributed by atoms with E-state index < -0.39 is 42.5 Å². The summed E-state index contributed by atoms with van der Waals surface area (Å²) >= 11 is 0. The van der Waals surface area contributed by atoms with Crippen LogP contribution in [0, 0.1) is 0 Å². The highest BCUT2D eigenvalue weighted by Gasteiger charge is 2.42. The first-order chi connectivity index (χ1) is 19.1. The number of amides is 1. The molecule has 40 heavy (non-hydrogen) atoms. The first-order valence-electron chi connectivity index (χ1n) is 12.9. The number of nitrogens with zero attached hydrogens (tertiary/aromatic N) is 1. The molecule has 1 saturated heterocycles. The van der Waals surface area contributed by atoms with Crippen LogP contribution < -0.4 is 9.47 Å². The molecular weight excluding hydrogens is 527 g/mol. The standard InChI is InChI=1S/C30H30F3NO6/c1-4-37-25-15-14-20(17-27(35)38-5-2)16-26(25)39-24-13-9-12-23(30(31,32)33)22(24)18-34-19(3)28(40-29(34)36)21-10-7-6-8-11-21/h6-16,19,28H,4-5,17-18H2,1-3H3/t19-,28-/m1/s1. The van der Waals surface area contributed by atoms with Crippen LogP contribution in [0.15, 0.2) is 66.7 Å². The summed E-state index contributed by atoms with van der Waals surface area (Å²) in [4.78, 5) is 26.1. The molecule has 3 aromatic carbocycles. The van der Waals surface area contributed by atoms with E-state index in [1.807, 2.05) is 6.07 Å². The minimum Gasteiger partial charge on any atom is -0.490 e. The van der Waals surface area contributed by atoms with E-state index in [0.29, 0.717) is 5.56 Å². The monoisotopic (exact) mass is 557 g/mol. The van der Waals surface area contributed by atoms with Gasteiger partial charge in [-0.05, 0) is 56.2 Å². The lowest BCUT2D eigenvalue weighted by atomic mass is 10.0. The van der Waals surface area contributed by atoms with E-state index in [-0.39, 0.29) is 42.4 Å². The van der Waals surface area contributed by atoms with Crippen molar-refractivity contribution in [3.63, 3.8) is 0 Å². The zero-order chi connectivity index (χ0) is 28.9. The van der Waals surface area contributed by atoms with Gasteiger partial charge in [0, 0.05) is 5.56 Å². The molecule has 0 spiro atoms. The summed E-state index contributed by atoms with van der Waals surface area (Å²) in [5.41, 5.74) is 0.110. The number of rotatable bonds is 10. The van der Waals surface area contributed by atoms with Crippen LogP contribution in [0.3, 0.4) is 0 Å². The third-order valence-electron chi connectivity index (χ3n) is 6.47. The van der Waals surface area contributed by atoms with Crippen LogP contribution in [0.5, 0.6) is 17.2 Å². The highest BCUT2D eigenvalue weighted by Crippen LogP contribution is 2.42. The first-order valence-corrected chi connectivity index (χ1v) is 12.9. The molecule has 1 heterocycles. The number of cyclic esters (lactones) is 1. The van der Waals surface area contributed by atoms with Crippen molar-refractivity contribution in [2.45, 2.75) is 52.1 Å². The van der Waals surface area contributed by atoms with Gasteiger partial charge in [-0.15, -0.1) is 0 Å². The molecule has 1 aliphatic rings. The number of carbonyl (C=O) groups is 2. The third-order valence-corrected chi connectivity index (χ3v) is 6.47. The smallest absolute Gasteiger partial charge is 0.416 e. The Morgan fingerprint density at radius 3 is 2.38 bits per heavy atom. The molecule has 0 bridgehead atoms. The van der Waals surface area contributed by atoms with Crippen LogP contribution in [0.1, 0.15) is 49.1 Å². The first kappa shape index (κ1) is 28.8. The number of benzene rings is 3. The third kappa shape index (κ3) is 6.50. The Bertz CT molecular complexity index is 1350. The fourth-order valence-electron chi connectivity index (χ4n) is 4.58. The molecule has 0 radical (unpaired) electrons. The number of hydrogen-bond donors (Lipinski definition) is 0. The largest absolute Gasteiger partial charge is 0.490 e. The second-order valence-corrected chi connectivity index (χ2v) is 9.16. The fraction of sp³-hybridized carbons (Fsp3) is 0.333. The lowest BCUT2D eigenvalue weighted by molar-refractivity contribution is -0.142. The summed E-state index contributed by atoms with van der Waals surface area (Å²) in [6.07, 6.45) is -6.13. The molecule has 0 aliphatic carbocycles. The van der Waals surface area contributed by atoms with Gasteiger partial charge in [-0.1, -0.05) is 42.5 Å². The molecular formula is C30H30F3NO6. The van der Waals surface area contributed by atoms with Gasteiger partial charge in [0.05, 0.1) is 37.8 Å². The summed E-state index contributed by atoms with van der Waals surface area (Å²) in [5.74, 6) is -0.140. The molecule has 0 saturated carbocycles. The van der Waals surface area contributed by atoms with Crippen molar-refractivity contribution in [2.75, 3.05) is 13.2 Å². The number of carbonyl (C=O) groups excluding carboxylic acids is 2. The normalized spacial score (nSPS) is 16.9. The Balaban J connectivity index is 1.71. The number of esters is 1. The van der Waals surface area contributed by atoms with E-state index in [9.17, 15) is 22.8 Å². The summed E-state index contributed by atoms with van der Waals surface area (Å²) in [5, 5.41) is 0. The van der Waals surface area contributed by atoms with E-state index in [2.05, 4.69) is 0 Å². The maximum atomic E-state index is 14.2. The van der Waals surface area contributed by atoms with Crippen molar-refractivity contribution in [3.8, 4) is 17.2 Å². The van der Waals surface area contributed by atoms with Crippen LogP contribution in [-0.2, 0) is 33.4 Å². The van der Waals surface area contributed by atoms with Crippen LogP contribution in [-0.4, -0.2) is 36.2 Å². The molecule has 0 aromatic heterocycles. The molecule has 4 rings (SSSR count). The lowest BCUT2D eigenvalue weighted by Gasteiger charge is -2.25. The van der Waals surface area contributed by atoms with E-state index in [1.165, 1.54) is 23.1 Å². The van der Waals surface area contributed by atoms with Gasteiger partial charge in [-0.2, -0.15) is 13.2 Å².